The lowest BCUT2D eigenvalue weighted by molar-refractivity contribution is -0.138. The summed E-state index contributed by atoms with van der Waals surface area (Å²) in [7, 11) is 0. The summed E-state index contributed by atoms with van der Waals surface area (Å²) in [6.07, 6.45) is 7.53. The molecule has 2 heterocycles. The second-order valence-corrected chi connectivity index (χ2v) is 10.2. The average molecular weight is 487 g/mol. The second kappa shape index (κ2) is 9.48. The highest BCUT2D eigenvalue weighted by Crippen LogP contribution is 2.42. The summed E-state index contributed by atoms with van der Waals surface area (Å²) in [4.78, 5) is 42.1. The number of hydrogen-bond acceptors (Lipinski definition) is 3. The third-order valence-electron chi connectivity index (χ3n) is 7.39. The fraction of sp³-hybridized carbons (Fsp3) is 0.577. The van der Waals surface area contributed by atoms with Gasteiger partial charge in [0, 0.05) is 32.6 Å². The highest BCUT2D eigenvalue weighted by atomic mass is 19.3. The lowest BCUT2D eigenvalue weighted by Crippen LogP contribution is -2.56. The van der Waals surface area contributed by atoms with Crippen molar-refractivity contribution in [1.82, 2.24) is 20.4 Å². The maximum Gasteiger partial charge on any atom is 0.318 e. The number of hydrogen-bond donors (Lipinski definition) is 2. The predicted octanol–water partition coefficient (Wildman–Crippen LogP) is 2.91. The van der Waals surface area contributed by atoms with Crippen LogP contribution in [-0.4, -0.2) is 64.8 Å². The molecule has 3 fully saturated rings. The summed E-state index contributed by atoms with van der Waals surface area (Å²) >= 11 is 0. The minimum atomic E-state index is -3.15. The minimum absolute atomic E-state index is 0.105. The molecule has 2 aliphatic heterocycles. The number of halogens is 2. The molecular weight excluding hydrogens is 454 g/mol. The van der Waals surface area contributed by atoms with Gasteiger partial charge in [0.15, 0.2) is 0 Å². The van der Waals surface area contributed by atoms with Crippen molar-refractivity contribution in [3.8, 4) is 12.3 Å². The van der Waals surface area contributed by atoms with Gasteiger partial charge in [0.25, 0.3) is 0 Å². The zero-order valence-corrected chi connectivity index (χ0v) is 20.0. The molecule has 7 nitrogen and oxygen atoms in total. The topological polar surface area (TPSA) is 81.8 Å². The minimum Gasteiger partial charge on any atom is -0.338 e. The first kappa shape index (κ1) is 25.0. The van der Waals surface area contributed by atoms with E-state index in [4.69, 9.17) is 6.42 Å². The summed E-state index contributed by atoms with van der Waals surface area (Å²) in [5.41, 5.74) is -0.219. The first-order valence-corrected chi connectivity index (χ1v) is 12.1. The van der Waals surface area contributed by atoms with Crippen molar-refractivity contribution in [3.63, 3.8) is 0 Å². The Labute approximate surface area is 204 Å². The van der Waals surface area contributed by atoms with E-state index < -0.39 is 41.3 Å². The van der Waals surface area contributed by atoms with Crippen LogP contribution in [0.15, 0.2) is 30.3 Å². The molecule has 2 saturated heterocycles. The molecule has 1 aromatic carbocycles. The number of piperidine rings is 1. The van der Waals surface area contributed by atoms with E-state index in [0.29, 0.717) is 58.8 Å². The van der Waals surface area contributed by atoms with Gasteiger partial charge in [-0.15, -0.1) is 6.42 Å². The van der Waals surface area contributed by atoms with E-state index in [1.807, 2.05) is 35.2 Å². The van der Waals surface area contributed by atoms with Crippen molar-refractivity contribution < 1.29 is 23.2 Å². The van der Waals surface area contributed by atoms with Crippen LogP contribution in [0.2, 0.25) is 0 Å². The van der Waals surface area contributed by atoms with Gasteiger partial charge in [-0.2, -0.15) is 0 Å². The molecule has 35 heavy (non-hydrogen) atoms. The van der Waals surface area contributed by atoms with Crippen LogP contribution in [0.4, 0.5) is 13.6 Å². The summed E-state index contributed by atoms with van der Waals surface area (Å²) in [5, 5.41) is 5.11. The molecule has 1 saturated carbocycles. The number of carbonyl (C=O) groups is 3. The number of likely N-dealkylation sites (tertiary alicyclic amines) is 2. The number of urea groups is 1. The summed E-state index contributed by atoms with van der Waals surface area (Å²) < 4.78 is 27.5. The second-order valence-electron chi connectivity index (χ2n) is 10.2. The number of alkyl halides is 2. The van der Waals surface area contributed by atoms with Crippen LogP contribution in [0.3, 0.4) is 0 Å². The van der Waals surface area contributed by atoms with Gasteiger partial charge in [0.05, 0.1) is 5.41 Å². The maximum atomic E-state index is 13.8. The van der Waals surface area contributed by atoms with E-state index in [-0.39, 0.29) is 5.91 Å². The van der Waals surface area contributed by atoms with Crippen LogP contribution in [0.5, 0.6) is 0 Å². The van der Waals surface area contributed by atoms with Crippen LogP contribution < -0.4 is 10.6 Å². The highest BCUT2D eigenvalue weighted by Gasteiger charge is 2.49. The smallest absolute Gasteiger partial charge is 0.318 e. The molecule has 0 unspecified atom stereocenters. The van der Waals surface area contributed by atoms with Crippen LogP contribution >= 0.6 is 0 Å². The van der Waals surface area contributed by atoms with E-state index in [1.165, 1.54) is 4.90 Å². The largest absolute Gasteiger partial charge is 0.338 e. The molecule has 3 aliphatic rings. The van der Waals surface area contributed by atoms with E-state index in [0.717, 1.165) is 12.0 Å². The lowest BCUT2D eigenvalue weighted by atomic mass is 9.77. The molecule has 0 bridgehead atoms. The maximum absolute atomic E-state index is 13.8. The van der Waals surface area contributed by atoms with Gasteiger partial charge in [0.1, 0.15) is 11.6 Å². The Bertz CT molecular complexity index is 1010. The molecule has 0 aromatic heterocycles. The zero-order chi connectivity index (χ0) is 25.3. The van der Waals surface area contributed by atoms with E-state index >= 15 is 0 Å². The Morgan fingerprint density at radius 2 is 1.74 bits per heavy atom. The van der Waals surface area contributed by atoms with Crippen LogP contribution in [0, 0.1) is 17.8 Å². The van der Waals surface area contributed by atoms with Gasteiger partial charge in [0.2, 0.25) is 17.7 Å². The Hall–Kier alpha value is -3.15. The van der Waals surface area contributed by atoms with Crippen molar-refractivity contribution in [2.24, 2.45) is 5.41 Å². The normalized spacial score (nSPS) is 21.4. The van der Waals surface area contributed by atoms with Gasteiger partial charge in [-0.1, -0.05) is 36.3 Å². The third kappa shape index (κ3) is 5.75. The van der Waals surface area contributed by atoms with Crippen LogP contribution in [-0.2, 0) is 16.1 Å². The molecule has 1 spiro atoms. The fourth-order valence-electron chi connectivity index (χ4n) is 5.01. The van der Waals surface area contributed by atoms with E-state index in [9.17, 15) is 23.2 Å². The zero-order valence-electron chi connectivity index (χ0n) is 20.0. The Balaban J connectivity index is 1.34. The number of nitrogens with zero attached hydrogens (tertiary/aromatic N) is 2. The van der Waals surface area contributed by atoms with Gasteiger partial charge in [-0.3, -0.25) is 9.59 Å². The number of nitrogens with one attached hydrogen (secondary N) is 2. The number of terminal acetylenes is 1. The molecule has 2 N–H and O–H groups in total. The van der Waals surface area contributed by atoms with Crippen molar-refractivity contribution in [2.75, 3.05) is 19.6 Å². The standard InChI is InChI=1S/C26H32F2N4O3/c1-3-26(9-10-26)30-21(33)20(17-24(2,27)28)29-23(35)31-14-11-25(12-15-31)13-16-32(22(25)34)18-19-7-5-4-6-8-19/h1,4-8,20H,9-18H2,2H3,(H,29,35)(H,30,33)/t20-/m0/s1. The number of amides is 4. The van der Waals surface area contributed by atoms with Gasteiger partial charge in [-0.25, -0.2) is 13.6 Å². The number of rotatable bonds is 7. The Morgan fingerprint density at radius 3 is 2.31 bits per heavy atom. The lowest BCUT2D eigenvalue weighted by Gasteiger charge is -2.38. The molecule has 1 aromatic rings. The number of benzene rings is 1. The van der Waals surface area contributed by atoms with Crippen LogP contribution in [0.1, 0.15) is 51.0 Å². The first-order chi connectivity index (χ1) is 16.5. The molecule has 4 rings (SSSR count). The molecule has 0 radical (unpaired) electrons. The molecule has 1 atom stereocenters. The molecule has 1 aliphatic carbocycles. The summed E-state index contributed by atoms with van der Waals surface area (Å²) in [5.74, 6) is -1.25. The quantitative estimate of drug-likeness (QED) is 0.582. The Kier molecular flexibility index (Phi) is 6.76. The Morgan fingerprint density at radius 1 is 1.11 bits per heavy atom. The highest BCUT2D eigenvalue weighted by molar-refractivity contribution is 5.89. The van der Waals surface area contributed by atoms with Crippen molar-refractivity contribution in [1.29, 1.82) is 0 Å². The monoisotopic (exact) mass is 486 g/mol. The molecule has 9 heteroatoms. The number of carbonyl (C=O) groups excluding carboxylic acids is 3. The van der Waals surface area contributed by atoms with Crippen molar-refractivity contribution >= 4 is 17.8 Å². The van der Waals surface area contributed by atoms with E-state index in [2.05, 4.69) is 16.6 Å². The SMILES string of the molecule is C#CC1(NC(=O)[C@H](CC(C)(F)F)NC(=O)N2CCC3(CC2)CCN(Cc2ccccc2)C3=O)CC1. The summed E-state index contributed by atoms with van der Waals surface area (Å²) in [6.45, 7) is 2.59. The molecular formula is C26H32F2N4O3. The van der Waals surface area contributed by atoms with Gasteiger partial charge in [-0.05, 0) is 44.6 Å². The third-order valence-corrected chi connectivity index (χ3v) is 7.39. The predicted molar refractivity (Wildman–Crippen MR) is 126 cm³/mol. The van der Waals surface area contributed by atoms with Crippen molar-refractivity contribution in [2.45, 2.75) is 69.5 Å². The van der Waals surface area contributed by atoms with Crippen LogP contribution in [0.25, 0.3) is 0 Å². The molecule has 188 valence electrons. The van der Waals surface area contributed by atoms with Gasteiger partial charge >= 0.3 is 6.03 Å². The van der Waals surface area contributed by atoms with Crippen molar-refractivity contribution in [3.05, 3.63) is 35.9 Å². The first-order valence-electron chi connectivity index (χ1n) is 12.1. The molecule has 4 amide bonds. The summed E-state index contributed by atoms with van der Waals surface area (Å²) in [6, 6.07) is 7.83. The van der Waals surface area contributed by atoms with E-state index in [1.54, 1.807) is 0 Å². The fourth-order valence-corrected chi connectivity index (χ4v) is 5.01. The van der Waals surface area contributed by atoms with Gasteiger partial charge < -0.3 is 20.4 Å². The average Bonchev–Trinajstić information content (AvgIpc) is 3.54.